The first-order valence-electron chi connectivity index (χ1n) is 5.15. The summed E-state index contributed by atoms with van der Waals surface area (Å²) in [7, 11) is 0. The van der Waals surface area contributed by atoms with Gasteiger partial charge in [-0.15, -0.1) is 0 Å². The Morgan fingerprint density at radius 2 is 2.00 bits per heavy atom. The van der Waals surface area contributed by atoms with E-state index in [0.717, 1.165) is 19.1 Å². The predicted molar refractivity (Wildman–Crippen MR) is 60.6 cm³/mol. The maximum absolute atomic E-state index is 10.00. The van der Waals surface area contributed by atoms with Gasteiger partial charge in [-0.05, 0) is 30.9 Å². The van der Waals surface area contributed by atoms with E-state index in [0.29, 0.717) is 6.42 Å². The molecule has 0 amide bonds. The number of aliphatic hydroxyl groups is 1. The second kappa shape index (κ2) is 6.96. The summed E-state index contributed by atoms with van der Waals surface area (Å²) in [4.78, 5) is 10.00. The highest BCUT2D eigenvalue weighted by molar-refractivity contribution is 5.64. The van der Waals surface area contributed by atoms with Crippen LogP contribution in [0.5, 0.6) is 0 Å². The first-order valence-corrected chi connectivity index (χ1v) is 5.15. The van der Waals surface area contributed by atoms with Crippen molar-refractivity contribution >= 4 is 6.29 Å². The predicted octanol–water partition coefficient (Wildman–Crippen LogP) is 2.13. The fourth-order valence-electron chi connectivity index (χ4n) is 1.39. The summed E-state index contributed by atoms with van der Waals surface area (Å²) in [6, 6.07) is 10.1. The number of aryl methyl sites for hydroxylation is 1. The van der Waals surface area contributed by atoms with Gasteiger partial charge in [-0.2, -0.15) is 0 Å². The van der Waals surface area contributed by atoms with Crippen LogP contribution in [0.4, 0.5) is 0 Å². The zero-order chi connectivity index (χ0) is 10.9. The van der Waals surface area contributed by atoms with E-state index in [2.05, 4.69) is 0 Å². The SMILES string of the molecule is O=C/C=C/C[C@H](O)CCc1ccccc1. The molecule has 0 fully saturated rings. The van der Waals surface area contributed by atoms with Gasteiger partial charge in [0.1, 0.15) is 6.29 Å². The third-order valence-electron chi connectivity index (χ3n) is 2.23. The lowest BCUT2D eigenvalue weighted by Gasteiger charge is -2.07. The van der Waals surface area contributed by atoms with Crippen molar-refractivity contribution in [2.45, 2.75) is 25.4 Å². The molecule has 80 valence electrons. The van der Waals surface area contributed by atoms with Crippen LogP contribution in [-0.2, 0) is 11.2 Å². The average molecular weight is 204 g/mol. The molecule has 0 bridgehead atoms. The maximum atomic E-state index is 10.00. The number of carbonyl (C=O) groups is 1. The van der Waals surface area contributed by atoms with Gasteiger partial charge in [-0.3, -0.25) is 4.79 Å². The molecule has 0 radical (unpaired) electrons. The van der Waals surface area contributed by atoms with Gasteiger partial charge < -0.3 is 5.11 Å². The van der Waals surface area contributed by atoms with E-state index in [1.807, 2.05) is 30.3 Å². The van der Waals surface area contributed by atoms with Crippen molar-refractivity contribution < 1.29 is 9.90 Å². The van der Waals surface area contributed by atoms with E-state index in [-0.39, 0.29) is 6.10 Å². The van der Waals surface area contributed by atoms with Crippen LogP contribution in [0.15, 0.2) is 42.5 Å². The number of allylic oxidation sites excluding steroid dienone is 1. The maximum Gasteiger partial charge on any atom is 0.142 e. The number of benzene rings is 1. The Balaban J connectivity index is 2.25. The molecule has 1 N–H and O–H groups in total. The first kappa shape index (κ1) is 11.7. The van der Waals surface area contributed by atoms with Crippen molar-refractivity contribution in [3.63, 3.8) is 0 Å². The number of aliphatic hydroxyl groups excluding tert-OH is 1. The van der Waals surface area contributed by atoms with Gasteiger partial charge in [-0.25, -0.2) is 0 Å². The standard InChI is InChI=1S/C13H16O2/c14-11-5-4-8-13(15)10-9-12-6-2-1-3-7-12/h1-7,11,13,15H,8-10H2/b5-4+/t13-/m0/s1. The highest BCUT2D eigenvalue weighted by atomic mass is 16.3. The van der Waals surface area contributed by atoms with E-state index in [4.69, 9.17) is 0 Å². The molecular formula is C13H16O2. The van der Waals surface area contributed by atoms with Gasteiger partial charge >= 0.3 is 0 Å². The van der Waals surface area contributed by atoms with Gasteiger partial charge in [0.05, 0.1) is 6.10 Å². The third kappa shape index (κ3) is 5.13. The Kier molecular flexibility index (Phi) is 5.41. The molecule has 1 aromatic carbocycles. The molecule has 15 heavy (non-hydrogen) atoms. The molecule has 1 aromatic rings. The topological polar surface area (TPSA) is 37.3 Å². The normalized spacial score (nSPS) is 12.9. The van der Waals surface area contributed by atoms with Gasteiger partial charge in [0.15, 0.2) is 0 Å². The van der Waals surface area contributed by atoms with Crippen molar-refractivity contribution in [1.82, 2.24) is 0 Å². The van der Waals surface area contributed by atoms with Crippen molar-refractivity contribution in [2.24, 2.45) is 0 Å². The molecule has 0 unspecified atom stereocenters. The van der Waals surface area contributed by atoms with Crippen LogP contribution in [0.2, 0.25) is 0 Å². The van der Waals surface area contributed by atoms with Gasteiger partial charge in [0, 0.05) is 0 Å². The summed E-state index contributed by atoms with van der Waals surface area (Å²) in [6.07, 6.45) is 5.63. The fourth-order valence-corrected chi connectivity index (χ4v) is 1.39. The number of aldehydes is 1. The van der Waals surface area contributed by atoms with Crippen LogP contribution < -0.4 is 0 Å². The van der Waals surface area contributed by atoms with Crippen molar-refractivity contribution in [3.8, 4) is 0 Å². The minimum Gasteiger partial charge on any atom is -0.393 e. The molecule has 0 heterocycles. The Morgan fingerprint density at radius 1 is 1.27 bits per heavy atom. The zero-order valence-electron chi connectivity index (χ0n) is 8.67. The van der Waals surface area contributed by atoms with Crippen LogP contribution in [0.3, 0.4) is 0 Å². The number of carbonyl (C=O) groups excluding carboxylic acids is 1. The van der Waals surface area contributed by atoms with Crippen LogP contribution in [0.1, 0.15) is 18.4 Å². The lowest BCUT2D eigenvalue weighted by atomic mass is 10.1. The monoisotopic (exact) mass is 204 g/mol. The van der Waals surface area contributed by atoms with Crippen molar-refractivity contribution in [3.05, 3.63) is 48.0 Å². The summed E-state index contributed by atoms with van der Waals surface area (Å²) in [5, 5.41) is 9.57. The average Bonchev–Trinajstić information content (AvgIpc) is 2.28. The van der Waals surface area contributed by atoms with E-state index in [9.17, 15) is 9.90 Å². The lowest BCUT2D eigenvalue weighted by Crippen LogP contribution is -2.06. The molecule has 1 atom stereocenters. The minimum atomic E-state index is -0.360. The number of hydrogen-bond donors (Lipinski definition) is 1. The van der Waals surface area contributed by atoms with E-state index >= 15 is 0 Å². The molecule has 0 saturated heterocycles. The summed E-state index contributed by atoms with van der Waals surface area (Å²) in [6.45, 7) is 0. The molecule has 0 aromatic heterocycles. The molecule has 0 aliphatic rings. The van der Waals surface area contributed by atoms with Gasteiger partial charge in [0.2, 0.25) is 0 Å². The summed E-state index contributed by atoms with van der Waals surface area (Å²) < 4.78 is 0. The van der Waals surface area contributed by atoms with Crippen molar-refractivity contribution in [1.29, 1.82) is 0 Å². The van der Waals surface area contributed by atoms with Crippen LogP contribution in [0.25, 0.3) is 0 Å². The van der Waals surface area contributed by atoms with Crippen LogP contribution in [-0.4, -0.2) is 17.5 Å². The van der Waals surface area contributed by atoms with E-state index < -0.39 is 0 Å². The smallest absolute Gasteiger partial charge is 0.142 e. The minimum absolute atomic E-state index is 0.360. The molecule has 0 aliphatic carbocycles. The van der Waals surface area contributed by atoms with Crippen molar-refractivity contribution in [2.75, 3.05) is 0 Å². The largest absolute Gasteiger partial charge is 0.393 e. The molecule has 2 heteroatoms. The highest BCUT2D eigenvalue weighted by Gasteiger charge is 2.01. The molecule has 0 saturated carbocycles. The molecule has 0 spiro atoms. The Hall–Kier alpha value is -1.41. The zero-order valence-corrected chi connectivity index (χ0v) is 8.67. The number of hydrogen-bond acceptors (Lipinski definition) is 2. The Bertz CT molecular complexity index is 304. The molecule has 1 rings (SSSR count). The van der Waals surface area contributed by atoms with Gasteiger partial charge in [-0.1, -0.05) is 36.4 Å². The second-order valence-corrected chi connectivity index (χ2v) is 3.48. The third-order valence-corrected chi connectivity index (χ3v) is 2.23. The first-order chi connectivity index (χ1) is 7.33. The van der Waals surface area contributed by atoms with Crippen LogP contribution >= 0.6 is 0 Å². The Labute approximate surface area is 90.3 Å². The quantitative estimate of drug-likeness (QED) is 0.569. The Morgan fingerprint density at radius 3 is 2.67 bits per heavy atom. The van der Waals surface area contributed by atoms with E-state index in [1.54, 1.807) is 6.08 Å². The number of rotatable bonds is 6. The van der Waals surface area contributed by atoms with E-state index in [1.165, 1.54) is 11.6 Å². The summed E-state index contributed by atoms with van der Waals surface area (Å²) in [5.74, 6) is 0. The van der Waals surface area contributed by atoms with Crippen LogP contribution in [0, 0.1) is 0 Å². The second-order valence-electron chi connectivity index (χ2n) is 3.48. The molecule has 2 nitrogen and oxygen atoms in total. The van der Waals surface area contributed by atoms with Gasteiger partial charge in [0.25, 0.3) is 0 Å². The lowest BCUT2D eigenvalue weighted by molar-refractivity contribution is -0.104. The highest BCUT2D eigenvalue weighted by Crippen LogP contribution is 2.07. The summed E-state index contributed by atoms with van der Waals surface area (Å²) in [5.41, 5.74) is 1.23. The fraction of sp³-hybridized carbons (Fsp3) is 0.308. The molecular weight excluding hydrogens is 188 g/mol. The summed E-state index contributed by atoms with van der Waals surface area (Å²) >= 11 is 0. The molecule has 0 aliphatic heterocycles.